The highest BCUT2D eigenvalue weighted by Crippen LogP contribution is 2.24. The molecule has 0 bridgehead atoms. The minimum Gasteiger partial charge on any atom is -0.470 e. The van der Waals surface area contributed by atoms with Crippen LogP contribution in [0.15, 0.2) is 77.5 Å². The van der Waals surface area contributed by atoms with E-state index in [0.29, 0.717) is 11.4 Å². The fraction of sp³-hybridized carbons (Fsp3) is 0.0952. The van der Waals surface area contributed by atoms with Gasteiger partial charge in [-0.1, -0.05) is 48.5 Å². The number of ether oxygens (including phenoxy) is 2. The Balaban J connectivity index is 1.44. The molecule has 1 N–H and O–H groups in total. The van der Waals surface area contributed by atoms with Gasteiger partial charge in [-0.15, -0.1) is 11.3 Å². The molecule has 6 nitrogen and oxygen atoms in total. The molecular formula is C21H16N2O4S. The second-order valence-corrected chi connectivity index (χ2v) is 6.85. The van der Waals surface area contributed by atoms with Crippen molar-refractivity contribution in [1.82, 2.24) is 4.98 Å². The summed E-state index contributed by atoms with van der Waals surface area (Å²) in [6, 6.07) is 18.9. The van der Waals surface area contributed by atoms with E-state index in [9.17, 15) is 9.59 Å². The smallest absolute Gasteiger partial charge is 0.347 e. The number of thiazole rings is 1. The molecule has 140 valence electrons. The summed E-state index contributed by atoms with van der Waals surface area (Å²) in [5.41, 5.74) is 2.23. The summed E-state index contributed by atoms with van der Waals surface area (Å²) in [6.45, 7) is -0.202. The first-order chi connectivity index (χ1) is 13.7. The van der Waals surface area contributed by atoms with Crippen LogP contribution in [0.1, 0.15) is 5.69 Å². The molecule has 1 aromatic heterocycles. The number of benzene rings is 2. The van der Waals surface area contributed by atoms with Crippen LogP contribution < -0.4 is 5.32 Å². The predicted octanol–water partition coefficient (Wildman–Crippen LogP) is 3.78. The van der Waals surface area contributed by atoms with Gasteiger partial charge in [-0.25, -0.2) is 9.78 Å². The fourth-order valence-electron chi connectivity index (χ4n) is 2.66. The molecule has 0 radical (unpaired) electrons. The normalized spacial score (nSPS) is 13.4. The van der Waals surface area contributed by atoms with Crippen LogP contribution >= 0.6 is 11.3 Å². The second kappa shape index (κ2) is 8.06. The lowest BCUT2D eigenvalue weighted by Gasteiger charge is -2.08. The number of nitrogens with zero attached hydrogens (tertiary/aromatic N) is 1. The van der Waals surface area contributed by atoms with Gasteiger partial charge < -0.3 is 14.8 Å². The Morgan fingerprint density at radius 3 is 2.57 bits per heavy atom. The number of aromatic nitrogens is 1. The third-order valence-corrected chi connectivity index (χ3v) is 4.95. The maximum absolute atomic E-state index is 12.5. The number of rotatable bonds is 6. The molecule has 1 aliphatic heterocycles. The molecular weight excluding hydrogens is 376 g/mol. The van der Waals surface area contributed by atoms with Gasteiger partial charge in [0.2, 0.25) is 11.7 Å². The van der Waals surface area contributed by atoms with Crippen LogP contribution in [-0.2, 0) is 25.7 Å². The molecule has 2 aromatic carbocycles. The van der Waals surface area contributed by atoms with Crippen LogP contribution in [-0.4, -0.2) is 23.3 Å². The summed E-state index contributed by atoms with van der Waals surface area (Å²) in [5.74, 6) is -1.02. The Hall–Kier alpha value is -3.45. The van der Waals surface area contributed by atoms with Crippen LogP contribution in [0, 0.1) is 0 Å². The zero-order chi connectivity index (χ0) is 19.3. The number of hydrogen-bond donors (Lipinski definition) is 1. The van der Waals surface area contributed by atoms with Crippen molar-refractivity contribution in [1.29, 1.82) is 0 Å². The third kappa shape index (κ3) is 3.94. The molecule has 0 unspecified atom stereocenters. The van der Waals surface area contributed by atoms with E-state index in [0.717, 1.165) is 10.6 Å². The molecule has 3 aromatic rings. The summed E-state index contributed by atoms with van der Waals surface area (Å²) in [5, 5.41) is 5.63. The number of Topliss-reactive ketones (excluding diaryl/α,β-unsaturated/α-hetero) is 1. The maximum atomic E-state index is 12.5. The van der Waals surface area contributed by atoms with Gasteiger partial charge in [-0.05, 0) is 12.1 Å². The molecule has 4 rings (SSSR count). The average Bonchev–Trinajstić information content (AvgIpc) is 3.35. The quantitative estimate of drug-likeness (QED) is 0.508. The monoisotopic (exact) mass is 392 g/mol. The van der Waals surface area contributed by atoms with E-state index in [2.05, 4.69) is 10.3 Å². The minimum absolute atomic E-state index is 0.0163. The summed E-state index contributed by atoms with van der Waals surface area (Å²) in [4.78, 5) is 29.0. The number of ketones is 1. The molecule has 2 heterocycles. The van der Waals surface area contributed by atoms with Crippen LogP contribution in [0.2, 0.25) is 0 Å². The van der Waals surface area contributed by atoms with Gasteiger partial charge in [0.1, 0.15) is 11.6 Å². The summed E-state index contributed by atoms with van der Waals surface area (Å²) >= 11 is 1.47. The Morgan fingerprint density at radius 1 is 1.11 bits per heavy atom. The van der Waals surface area contributed by atoms with Gasteiger partial charge in [0, 0.05) is 16.6 Å². The Bertz CT molecular complexity index is 1030. The van der Waals surface area contributed by atoms with Crippen molar-refractivity contribution in [2.75, 3.05) is 11.9 Å². The predicted molar refractivity (Wildman–Crippen MR) is 105 cm³/mol. The van der Waals surface area contributed by atoms with Crippen molar-refractivity contribution in [2.24, 2.45) is 0 Å². The first kappa shape index (κ1) is 17.9. The van der Waals surface area contributed by atoms with Crippen LogP contribution in [0.4, 0.5) is 5.69 Å². The van der Waals surface area contributed by atoms with Crippen LogP contribution in [0.5, 0.6) is 0 Å². The van der Waals surface area contributed by atoms with Crippen LogP contribution in [0.25, 0.3) is 10.6 Å². The minimum atomic E-state index is -0.727. The summed E-state index contributed by atoms with van der Waals surface area (Å²) in [7, 11) is 0. The van der Waals surface area contributed by atoms with E-state index in [1.165, 1.54) is 11.3 Å². The fourth-order valence-corrected chi connectivity index (χ4v) is 3.48. The van der Waals surface area contributed by atoms with Gasteiger partial charge in [0.15, 0.2) is 12.2 Å². The molecule has 0 spiro atoms. The molecule has 7 heteroatoms. The highest BCUT2D eigenvalue weighted by atomic mass is 32.1. The van der Waals surface area contributed by atoms with Gasteiger partial charge in [0.25, 0.3) is 0 Å². The number of anilines is 1. The van der Waals surface area contributed by atoms with Crippen molar-refractivity contribution in [3.8, 4) is 10.6 Å². The number of esters is 1. The van der Waals surface area contributed by atoms with E-state index >= 15 is 0 Å². The Kier molecular flexibility index (Phi) is 5.16. The van der Waals surface area contributed by atoms with Crippen molar-refractivity contribution in [2.45, 2.75) is 6.61 Å². The lowest BCUT2D eigenvalue weighted by Crippen LogP contribution is -2.16. The summed E-state index contributed by atoms with van der Waals surface area (Å²) in [6.07, 6.45) is 0. The second-order valence-electron chi connectivity index (χ2n) is 5.99. The van der Waals surface area contributed by atoms with Crippen molar-refractivity contribution < 1.29 is 19.1 Å². The molecule has 0 saturated heterocycles. The number of nitrogens with one attached hydrogen (secondary N) is 1. The van der Waals surface area contributed by atoms with Gasteiger partial charge in [0.05, 0.1) is 5.69 Å². The number of para-hydroxylation sites is 1. The van der Waals surface area contributed by atoms with Crippen molar-refractivity contribution in [3.63, 3.8) is 0 Å². The first-order valence-corrected chi connectivity index (χ1v) is 9.48. The summed E-state index contributed by atoms with van der Waals surface area (Å²) < 4.78 is 10.6. The number of carbonyl (C=O) groups excluding carboxylic acids is 2. The topological polar surface area (TPSA) is 77.5 Å². The molecule has 0 aliphatic carbocycles. The third-order valence-electron chi connectivity index (χ3n) is 4.01. The zero-order valence-electron chi connectivity index (χ0n) is 14.8. The highest BCUT2D eigenvalue weighted by molar-refractivity contribution is 7.13. The van der Waals surface area contributed by atoms with Crippen molar-refractivity contribution in [3.05, 3.63) is 83.2 Å². The maximum Gasteiger partial charge on any atom is 0.347 e. The molecule has 0 amide bonds. The van der Waals surface area contributed by atoms with Gasteiger partial charge in [-0.3, -0.25) is 4.79 Å². The molecule has 0 fully saturated rings. The largest absolute Gasteiger partial charge is 0.470 e. The molecule has 28 heavy (non-hydrogen) atoms. The SMILES string of the molecule is O=C1COC(Nc2ccccc2)=C1C(=O)OCc1csc(-c2ccccc2)n1. The number of hydrogen-bond acceptors (Lipinski definition) is 7. The number of carbonyl (C=O) groups is 2. The first-order valence-electron chi connectivity index (χ1n) is 8.60. The van der Waals surface area contributed by atoms with E-state index in [-0.39, 0.29) is 24.7 Å². The molecule has 1 aliphatic rings. The zero-order valence-corrected chi connectivity index (χ0v) is 15.6. The van der Waals surface area contributed by atoms with E-state index < -0.39 is 11.8 Å². The average molecular weight is 392 g/mol. The lowest BCUT2D eigenvalue weighted by molar-refractivity contribution is -0.141. The molecule has 0 atom stereocenters. The van der Waals surface area contributed by atoms with Crippen LogP contribution in [0.3, 0.4) is 0 Å². The standard InChI is InChI=1S/C21H16N2O4S/c24-17-12-26-19(22-15-9-5-2-6-10-15)18(17)21(25)27-11-16-13-28-20(23-16)14-7-3-1-4-8-14/h1-10,13,22H,11-12H2. The van der Waals surface area contributed by atoms with Gasteiger partial charge >= 0.3 is 5.97 Å². The molecule has 0 saturated carbocycles. The van der Waals surface area contributed by atoms with E-state index in [4.69, 9.17) is 9.47 Å². The highest BCUT2D eigenvalue weighted by Gasteiger charge is 2.32. The van der Waals surface area contributed by atoms with Crippen molar-refractivity contribution >= 4 is 28.8 Å². The Labute approximate surface area is 165 Å². The lowest BCUT2D eigenvalue weighted by atomic mass is 10.2. The van der Waals surface area contributed by atoms with E-state index in [1.54, 1.807) is 0 Å². The van der Waals surface area contributed by atoms with E-state index in [1.807, 2.05) is 66.0 Å². The Morgan fingerprint density at radius 2 is 1.82 bits per heavy atom. The van der Waals surface area contributed by atoms with Gasteiger partial charge in [-0.2, -0.15) is 0 Å².